The number of non-ortho nitro benzene ring substituents is 2. The molecule has 0 unspecified atom stereocenters. The van der Waals surface area contributed by atoms with Crippen LogP contribution < -0.4 is 5.32 Å². The maximum Gasteiger partial charge on any atom is 0.329 e. The van der Waals surface area contributed by atoms with Crippen molar-refractivity contribution >= 4 is 29.2 Å². The molecule has 0 aliphatic rings. The first-order valence-electron chi connectivity index (χ1n) is 9.58. The molecule has 1 N–H and O–H groups in total. The number of hydrogen-bond donors (Lipinski definition) is 1. The van der Waals surface area contributed by atoms with Gasteiger partial charge in [0.2, 0.25) is 5.91 Å². The van der Waals surface area contributed by atoms with Crippen molar-refractivity contribution in [3.63, 3.8) is 0 Å². The maximum atomic E-state index is 12.7. The molecule has 2 aromatic rings. The third kappa shape index (κ3) is 6.82. The Morgan fingerprint density at radius 3 is 2.12 bits per heavy atom. The van der Waals surface area contributed by atoms with Crippen molar-refractivity contribution in [2.45, 2.75) is 24.8 Å². The fourth-order valence-electron chi connectivity index (χ4n) is 3.17. The number of hydrogen-bond acceptors (Lipinski definition) is 9. The highest BCUT2D eigenvalue weighted by Crippen LogP contribution is 2.27. The molecule has 0 fully saturated rings. The lowest BCUT2D eigenvalue weighted by atomic mass is 9.88. The number of ether oxygens (including phenoxy) is 2. The number of carbonyl (C=O) groups is 3. The minimum absolute atomic E-state index is 0.195. The normalized spacial score (nSPS) is 12.2. The molecule has 12 nitrogen and oxygen atoms in total. The lowest BCUT2D eigenvalue weighted by Crippen LogP contribution is -2.46. The Bertz CT molecular complexity index is 1050. The molecule has 0 spiro atoms. The van der Waals surface area contributed by atoms with E-state index in [0.717, 1.165) is 14.2 Å². The first-order chi connectivity index (χ1) is 15.7. The first kappa shape index (κ1) is 24.9. The van der Waals surface area contributed by atoms with E-state index >= 15 is 0 Å². The highest BCUT2D eigenvalue weighted by molar-refractivity contribution is 5.87. The summed E-state index contributed by atoms with van der Waals surface area (Å²) in [6.07, 6.45) is -0.606. The number of amides is 1. The Morgan fingerprint density at radius 2 is 1.58 bits per heavy atom. The van der Waals surface area contributed by atoms with Crippen molar-refractivity contribution in [2.24, 2.45) is 0 Å². The Balaban J connectivity index is 2.33. The second-order valence-electron chi connectivity index (χ2n) is 6.91. The molecule has 0 radical (unpaired) electrons. The summed E-state index contributed by atoms with van der Waals surface area (Å²) in [6, 6.07) is 9.27. The summed E-state index contributed by atoms with van der Waals surface area (Å²) in [6.45, 7) is 0. The number of nitro benzene ring substituents is 2. The summed E-state index contributed by atoms with van der Waals surface area (Å²) in [5, 5.41) is 24.4. The minimum Gasteiger partial charge on any atom is -0.469 e. The van der Waals surface area contributed by atoms with Gasteiger partial charge in [-0.05, 0) is 11.1 Å². The molecule has 0 saturated heterocycles. The van der Waals surface area contributed by atoms with Crippen LogP contribution in [0, 0.1) is 20.2 Å². The monoisotopic (exact) mass is 459 g/mol. The third-order valence-corrected chi connectivity index (χ3v) is 4.81. The van der Waals surface area contributed by atoms with Gasteiger partial charge in [-0.25, -0.2) is 4.79 Å². The van der Waals surface area contributed by atoms with Crippen LogP contribution in [0.3, 0.4) is 0 Å². The number of carbonyl (C=O) groups excluding carboxylic acids is 3. The highest BCUT2D eigenvalue weighted by atomic mass is 16.6. The molecule has 0 bridgehead atoms. The average Bonchev–Trinajstić information content (AvgIpc) is 2.80. The van der Waals surface area contributed by atoms with E-state index in [2.05, 4.69) is 10.1 Å². The molecule has 2 rings (SSSR count). The Labute approximate surface area is 187 Å². The molecule has 1 amide bonds. The summed E-state index contributed by atoms with van der Waals surface area (Å²) >= 11 is 0. The molecule has 174 valence electrons. The highest BCUT2D eigenvalue weighted by Gasteiger charge is 2.34. The maximum absolute atomic E-state index is 12.7. The standard InChI is InChI=1S/C21H21N3O9/c1-32-19(26)12-17(14-6-8-15(9-7-14)23(28)29)20(21(27)33-2)22-18(25)11-13-4-3-5-16(10-13)24(30)31/h3-10,17,20H,11-12H2,1-2H3,(H,22,25)/t17-,20+/m0/s1. The van der Waals surface area contributed by atoms with E-state index in [1.807, 2.05) is 0 Å². The Morgan fingerprint density at radius 1 is 0.939 bits per heavy atom. The van der Waals surface area contributed by atoms with Gasteiger partial charge in [-0.15, -0.1) is 0 Å². The number of nitro groups is 2. The van der Waals surface area contributed by atoms with Crippen LogP contribution in [-0.2, 0) is 30.3 Å². The number of esters is 2. The van der Waals surface area contributed by atoms with Crippen LogP contribution in [0.2, 0.25) is 0 Å². The van der Waals surface area contributed by atoms with Gasteiger partial charge in [0.1, 0.15) is 6.04 Å². The molecule has 0 aromatic heterocycles. The van der Waals surface area contributed by atoms with Crippen LogP contribution in [0.1, 0.15) is 23.5 Å². The summed E-state index contributed by atoms with van der Waals surface area (Å²) < 4.78 is 9.48. The Kier molecular flexibility index (Phi) is 8.55. The summed E-state index contributed by atoms with van der Waals surface area (Å²) in [4.78, 5) is 57.9. The van der Waals surface area contributed by atoms with Crippen LogP contribution in [0.15, 0.2) is 48.5 Å². The van der Waals surface area contributed by atoms with Crippen molar-refractivity contribution in [3.8, 4) is 0 Å². The molecule has 2 atom stereocenters. The van der Waals surface area contributed by atoms with E-state index in [9.17, 15) is 34.6 Å². The largest absolute Gasteiger partial charge is 0.469 e. The minimum atomic E-state index is -1.33. The molecule has 0 saturated carbocycles. The summed E-state index contributed by atoms with van der Waals surface area (Å²) in [5.74, 6) is -3.14. The summed E-state index contributed by atoms with van der Waals surface area (Å²) in [7, 11) is 2.26. The number of nitrogens with one attached hydrogen (secondary N) is 1. The van der Waals surface area contributed by atoms with Gasteiger partial charge in [0.15, 0.2) is 0 Å². The first-order valence-corrected chi connectivity index (χ1v) is 9.58. The lowest BCUT2D eigenvalue weighted by molar-refractivity contribution is -0.385. The number of nitrogens with zero attached hydrogens (tertiary/aromatic N) is 2. The van der Waals surface area contributed by atoms with Gasteiger partial charge in [-0.2, -0.15) is 0 Å². The molecule has 12 heteroatoms. The molecule has 2 aromatic carbocycles. The molecule has 0 heterocycles. The van der Waals surface area contributed by atoms with E-state index in [1.54, 1.807) is 0 Å². The molecular formula is C21H21N3O9. The van der Waals surface area contributed by atoms with E-state index in [1.165, 1.54) is 48.5 Å². The molecule has 0 aliphatic heterocycles. The summed E-state index contributed by atoms with van der Waals surface area (Å²) in [5.41, 5.74) is 0.307. The number of rotatable bonds is 10. The van der Waals surface area contributed by atoms with Crippen LogP contribution in [0.25, 0.3) is 0 Å². The molecular weight excluding hydrogens is 438 g/mol. The van der Waals surface area contributed by atoms with E-state index in [4.69, 9.17) is 4.74 Å². The molecule has 0 aliphatic carbocycles. The van der Waals surface area contributed by atoms with Gasteiger partial charge in [-0.3, -0.25) is 29.8 Å². The fourth-order valence-corrected chi connectivity index (χ4v) is 3.17. The van der Waals surface area contributed by atoms with E-state index < -0.39 is 39.7 Å². The van der Waals surface area contributed by atoms with E-state index in [0.29, 0.717) is 11.1 Å². The zero-order valence-corrected chi connectivity index (χ0v) is 17.8. The molecule has 33 heavy (non-hydrogen) atoms. The van der Waals surface area contributed by atoms with E-state index in [-0.39, 0.29) is 24.2 Å². The SMILES string of the molecule is COC(=O)C[C@@H](c1ccc([N+](=O)[O-])cc1)[C@@H](NC(=O)Cc1cccc([N+](=O)[O-])c1)C(=O)OC. The third-order valence-electron chi connectivity index (χ3n) is 4.81. The second-order valence-corrected chi connectivity index (χ2v) is 6.91. The average molecular weight is 459 g/mol. The van der Waals surface area contributed by atoms with Gasteiger partial charge >= 0.3 is 11.9 Å². The van der Waals surface area contributed by atoms with Crippen molar-refractivity contribution in [2.75, 3.05) is 14.2 Å². The number of benzene rings is 2. The van der Waals surface area contributed by atoms with Gasteiger partial charge in [-0.1, -0.05) is 24.3 Å². The van der Waals surface area contributed by atoms with Crippen molar-refractivity contribution in [1.29, 1.82) is 0 Å². The Hall–Kier alpha value is -4.35. The lowest BCUT2D eigenvalue weighted by Gasteiger charge is -2.26. The van der Waals surface area contributed by atoms with Gasteiger partial charge in [0.05, 0.1) is 36.9 Å². The fraction of sp³-hybridized carbons (Fsp3) is 0.286. The van der Waals surface area contributed by atoms with Gasteiger partial charge in [0.25, 0.3) is 11.4 Å². The predicted octanol–water partition coefficient (Wildman–Crippen LogP) is 2.05. The quantitative estimate of drug-likeness (QED) is 0.317. The van der Waals surface area contributed by atoms with Crippen LogP contribution in [0.5, 0.6) is 0 Å². The predicted molar refractivity (Wildman–Crippen MR) is 113 cm³/mol. The van der Waals surface area contributed by atoms with Crippen LogP contribution in [-0.4, -0.2) is 48.0 Å². The smallest absolute Gasteiger partial charge is 0.329 e. The zero-order valence-electron chi connectivity index (χ0n) is 17.8. The zero-order chi connectivity index (χ0) is 24.5. The van der Waals surface area contributed by atoms with Crippen molar-refractivity contribution in [1.82, 2.24) is 5.32 Å². The topological polar surface area (TPSA) is 168 Å². The number of methoxy groups -OCH3 is 2. The van der Waals surface area contributed by atoms with Crippen LogP contribution >= 0.6 is 0 Å². The van der Waals surface area contributed by atoms with Gasteiger partial charge in [0, 0.05) is 30.2 Å². The van der Waals surface area contributed by atoms with Crippen molar-refractivity contribution in [3.05, 3.63) is 79.9 Å². The van der Waals surface area contributed by atoms with Gasteiger partial charge < -0.3 is 14.8 Å². The second kappa shape index (κ2) is 11.3. The van der Waals surface area contributed by atoms with Crippen LogP contribution in [0.4, 0.5) is 11.4 Å². The van der Waals surface area contributed by atoms with Crippen molar-refractivity contribution < 1.29 is 33.7 Å².